The summed E-state index contributed by atoms with van der Waals surface area (Å²) >= 11 is 0. The Morgan fingerprint density at radius 2 is 0.469 bits per heavy atom. The van der Waals surface area contributed by atoms with Crippen LogP contribution in [0.5, 0.6) is 0 Å². The van der Waals surface area contributed by atoms with Crippen molar-refractivity contribution in [2.45, 2.75) is 167 Å². The molecule has 0 spiro atoms. The molecule has 0 amide bonds. The average molecular weight is 1940 g/mol. The molecule has 0 aliphatic rings. The van der Waals surface area contributed by atoms with E-state index in [-0.39, 0.29) is 16.2 Å². The van der Waals surface area contributed by atoms with Gasteiger partial charge in [0, 0.05) is 78.4 Å². The van der Waals surface area contributed by atoms with Gasteiger partial charge in [0.1, 0.15) is 0 Å². The Labute approximate surface area is 868 Å². The summed E-state index contributed by atoms with van der Waals surface area (Å²) in [6.45, 7) is 48.5. The fraction of sp³-hybridized carbons (Fsp3) is 0.191. The number of hydrogen-bond donors (Lipinski definition) is 0. The van der Waals surface area contributed by atoms with Gasteiger partial charge in [0.25, 0.3) is 0 Å². The van der Waals surface area contributed by atoms with Gasteiger partial charge in [0.2, 0.25) is 0 Å². The van der Waals surface area contributed by atoms with E-state index >= 15 is 0 Å². The Morgan fingerprint density at radius 3 is 0.857 bits per heavy atom. The summed E-state index contributed by atoms with van der Waals surface area (Å²) in [5.41, 5.74) is 35.0. The van der Waals surface area contributed by atoms with E-state index in [0.717, 1.165) is 142 Å². The summed E-state index contributed by atoms with van der Waals surface area (Å²) in [4.78, 5) is 0. The average Bonchev–Trinajstić information content (AvgIpc) is 1.65. The summed E-state index contributed by atoms with van der Waals surface area (Å²) in [5.74, 6) is 8.65. The molecule has 0 fully saturated rings. The SMILES string of the molecule is Cc1cc(C)cc(-n2c(-c3ccccc3)nnc2-c2ccccc2[Si](C)(C)C)c1.Cc1ccc(-c2nnc(-c3cccc(-c4ccccc4)c3)n2-c2ccc(C(C)(C)C)cc2)c(C)c1.Cc1cccc(C)c1-c1nnc(-c2ccccc2)n1-c1ccc(C(C)(C)C)cc1.Cc1ccccc1-c1nnc(-c2ccccc2)n1-c1ccc(C(C)(C)C)cc1.Cc1ccccc1-n1c(-c2ccccc2)nnc1-c1c(C)cccc1C. The van der Waals surface area contributed by atoms with Crippen LogP contribution in [0.2, 0.25) is 19.6 Å². The van der Waals surface area contributed by atoms with Gasteiger partial charge < -0.3 is 0 Å². The van der Waals surface area contributed by atoms with Crippen molar-refractivity contribution in [3.8, 4) is 153 Å². The lowest BCUT2D eigenvalue weighted by molar-refractivity contribution is 0.590. The first-order valence-corrected chi connectivity index (χ1v) is 54.1. The van der Waals surface area contributed by atoms with E-state index in [1.54, 1.807) is 0 Å². The second kappa shape index (κ2) is 43.9. The molecule has 0 bridgehead atoms. The van der Waals surface area contributed by atoms with Gasteiger partial charge in [-0.15, -0.1) is 51.0 Å². The van der Waals surface area contributed by atoms with Gasteiger partial charge in [-0.2, -0.15) is 0 Å². The molecule has 734 valence electrons. The van der Waals surface area contributed by atoms with Gasteiger partial charge >= 0.3 is 0 Å². The summed E-state index contributed by atoms with van der Waals surface area (Å²) < 4.78 is 10.9. The quantitative estimate of drug-likeness (QED) is 0.0805. The third-order valence-corrected chi connectivity index (χ3v) is 28.9. The molecule has 5 aromatic heterocycles. The molecule has 0 unspecified atom stereocenters. The lowest BCUT2D eigenvalue weighted by Gasteiger charge is -2.21. The topological polar surface area (TPSA) is 154 Å². The predicted molar refractivity (Wildman–Crippen MR) is 613 cm³/mol. The van der Waals surface area contributed by atoms with E-state index in [1.807, 2.05) is 84.9 Å². The third-order valence-electron chi connectivity index (χ3n) is 26.9. The molecule has 15 nitrogen and oxygen atoms in total. The Bertz CT molecular complexity index is 8060. The lowest BCUT2D eigenvalue weighted by atomic mass is 9.87. The zero-order chi connectivity index (χ0) is 104. The van der Waals surface area contributed by atoms with Crippen molar-refractivity contribution in [1.82, 2.24) is 73.8 Å². The van der Waals surface area contributed by atoms with Crippen molar-refractivity contribution in [3.63, 3.8) is 0 Å². The first-order chi connectivity index (χ1) is 70.6. The Kier molecular flexibility index (Phi) is 30.5. The number of aromatic nitrogens is 15. The van der Waals surface area contributed by atoms with Crippen molar-refractivity contribution in [3.05, 3.63) is 467 Å². The monoisotopic (exact) mass is 1940 g/mol. The molecule has 0 radical (unpaired) electrons. The van der Waals surface area contributed by atoms with E-state index in [1.165, 1.54) is 88.6 Å². The normalized spacial score (nSPS) is 11.5. The van der Waals surface area contributed by atoms with Crippen molar-refractivity contribution in [2.24, 2.45) is 0 Å². The highest BCUT2D eigenvalue weighted by Gasteiger charge is 2.30. The molecular weight excluding hydrogens is 1810 g/mol. The van der Waals surface area contributed by atoms with Gasteiger partial charge in [-0.3, -0.25) is 22.8 Å². The minimum absolute atomic E-state index is 0.0922. The van der Waals surface area contributed by atoms with Crippen molar-refractivity contribution >= 4 is 13.3 Å². The highest BCUT2D eigenvalue weighted by atomic mass is 28.3. The molecule has 0 saturated heterocycles. The Balaban J connectivity index is 0.000000126. The van der Waals surface area contributed by atoms with Crippen LogP contribution in [0.25, 0.3) is 153 Å². The van der Waals surface area contributed by atoms with Crippen molar-refractivity contribution in [1.29, 1.82) is 0 Å². The van der Waals surface area contributed by atoms with Crippen LogP contribution in [0.1, 0.15) is 135 Å². The minimum atomic E-state index is -1.56. The zero-order valence-corrected chi connectivity index (χ0v) is 89.7. The van der Waals surface area contributed by atoms with Crippen LogP contribution < -0.4 is 5.19 Å². The van der Waals surface area contributed by atoms with Gasteiger partial charge in [0.15, 0.2) is 58.2 Å². The number of hydrogen-bond acceptors (Lipinski definition) is 10. The highest BCUT2D eigenvalue weighted by molar-refractivity contribution is 6.89. The number of benzene rings is 16. The Morgan fingerprint density at radius 1 is 0.184 bits per heavy atom. The third kappa shape index (κ3) is 23.0. The molecule has 16 heteroatoms. The maximum Gasteiger partial charge on any atom is 0.169 e. The van der Waals surface area contributed by atoms with Crippen LogP contribution in [-0.2, 0) is 16.2 Å². The van der Waals surface area contributed by atoms with Crippen LogP contribution in [0.3, 0.4) is 0 Å². The van der Waals surface area contributed by atoms with Crippen LogP contribution in [0.4, 0.5) is 0 Å². The first-order valence-electron chi connectivity index (χ1n) is 50.6. The van der Waals surface area contributed by atoms with Gasteiger partial charge in [-0.05, 0) is 229 Å². The van der Waals surface area contributed by atoms with E-state index in [0.29, 0.717) is 0 Å². The van der Waals surface area contributed by atoms with Gasteiger partial charge in [0.05, 0.1) is 13.8 Å². The smallest absolute Gasteiger partial charge is 0.169 e. The van der Waals surface area contributed by atoms with Crippen LogP contribution in [0.15, 0.2) is 394 Å². The highest BCUT2D eigenvalue weighted by Crippen LogP contribution is 2.41. The molecule has 5 heterocycles. The zero-order valence-electron chi connectivity index (χ0n) is 88.7. The maximum absolute atomic E-state index is 4.72. The second-order valence-electron chi connectivity index (χ2n) is 42.3. The van der Waals surface area contributed by atoms with Crippen LogP contribution in [-0.4, -0.2) is 81.9 Å². The lowest BCUT2D eigenvalue weighted by Crippen LogP contribution is -2.39. The fourth-order valence-corrected chi connectivity index (χ4v) is 20.6. The number of para-hydroxylation sites is 1. The van der Waals surface area contributed by atoms with Crippen LogP contribution in [0, 0.1) is 69.2 Å². The summed E-state index contributed by atoms with van der Waals surface area (Å²) in [7, 11) is -1.56. The molecule has 0 aliphatic heterocycles. The number of nitrogens with zero attached hydrogens (tertiary/aromatic N) is 15. The second-order valence-corrected chi connectivity index (χ2v) is 47.3. The van der Waals surface area contributed by atoms with E-state index in [4.69, 9.17) is 15.3 Å². The van der Waals surface area contributed by atoms with Gasteiger partial charge in [-0.1, -0.05) is 421 Å². The molecular formula is C131H131N15Si. The molecule has 16 aromatic carbocycles. The van der Waals surface area contributed by atoms with Crippen molar-refractivity contribution in [2.75, 3.05) is 0 Å². The minimum Gasteiger partial charge on any atom is -0.275 e. The number of rotatable bonds is 17. The number of aryl methyl sites for hydroxylation is 10. The molecule has 0 aliphatic carbocycles. The fourth-order valence-electron chi connectivity index (χ4n) is 19.0. The van der Waals surface area contributed by atoms with E-state index < -0.39 is 8.07 Å². The predicted octanol–water partition coefficient (Wildman–Crippen LogP) is 32.2. The van der Waals surface area contributed by atoms with E-state index in [2.05, 4.69) is 519 Å². The first kappa shape index (κ1) is 102. The standard InChI is InChI=1S/C32H31N3.C26H27N3.C25H27N3Si.C25H25N3.C23H21N3/c1-22-14-19-29(23(2)20-22)31-34-33-30(35(31)28-17-15-27(16-18-28)32(3,4)5)26-13-9-12-25(21-26)24-10-7-6-8-11-24;1-18-10-9-11-19(2)23(18)25-28-27-24(20-12-7-6-8-13-20)29(25)22-16-14-21(15-17-22)26(3,4)5;1-18-15-19(2)17-21(16-18)28-24(20-11-7-6-8-12-20)26-27-25(28)22-13-9-10-14-23(22)29(3,4)5;1-18-10-8-9-13-22(18)24-27-26-23(19-11-6-5-7-12-19)28(24)21-16-14-20(15-17-21)25(2,3)4;1-16-10-7-8-15-20(16)26-22(19-13-5-4-6-14-19)24-25-23(26)21-17(2)11-9-12-18(21)3/h6-21H,1-5H3;2*6-17H,1-5H3;5-17H,1-4H3;4-15H,1-3H3. The summed E-state index contributed by atoms with van der Waals surface area (Å²) in [6.07, 6.45) is 0. The van der Waals surface area contributed by atoms with Gasteiger partial charge in [-0.25, -0.2) is 0 Å². The van der Waals surface area contributed by atoms with E-state index in [9.17, 15) is 0 Å². The summed E-state index contributed by atoms with van der Waals surface area (Å²) in [5, 5.41) is 47.8. The molecule has 0 N–H and O–H groups in total. The van der Waals surface area contributed by atoms with Crippen molar-refractivity contribution < 1.29 is 0 Å². The maximum atomic E-state index is 4.72. The Hall–Kier alpha value is -16.6. The molecule has 21 aromatic rings. The summed E-state index contributed by atoms with van der Waals surface area (Å²) in [6, 6.07) is 137. The van der Waals surface area contributed by atoms with Crippen LogP contribution >= 0.6 is 0 Å². The molecule has 0 saturated carbocycles. The largest absolute Gasteiger partial charge is 0.275 e. The molecule has 0 atom stereocenters. The molecule has 21 rings (SSSR count). The molecule has 147 heavy (non-hydrogen) atoms.